The molecular weight excluding hydrogens is 305 g/mol. The Balaban J connectivity index is 1.71. The minimum Gasteiger partial charge on any atom is -0.483 e. The first kappa shape index (κ1) is 18.0. The fourth-order valence-corrected chi connectivity index (χ4v) is 2.52. The molecule has 0 aromatic heterocycles. The van der Waals surface area contributed by atoms with Crippen LogP contribution in [-0.2, 0) is 11.2 Å². The van der Waals surface area contributed by atoms with Crippen molar-refractivity contribution in [2.75, 3.05) is 13.2 Å². The number of halogens is 1. The number of benzene rings is 2. The molecule has 128 valence electrons. The summed E-state index contributed by atoms with van der Waals surface area (Å²) >= 11 is 0. The third-order valence-corrected chi connectivity index (χ3v) is 4.00. The van der Waals surface area contributed by atoms with Gasteiger partial charge in [-0.3, -0.25) is 4.79 Å². The molecule has 0 saturated carbocycles. The van der Waals surface area contributed by atoms with Crippen molar-refractivity contribution in [2.45, 2.75) is 33.6 Å². The average Bonchev–Trinajstić information content (AvgIpc) is 2.55. The van der Waals surface area contributed by atoms with Crippen LogP contribution >= 0.6 is 0 Å². The molecule has 3 nitrogen and oxygen atoms in total. The van der Waals surface area contributed by atoms with Gasteiger partial charge in [-0.25, -0.2) is 4.39 Å². The Bertz CT molecular complexity index is 696. The van der Waals surface area contributed by atoms with Gasteiger partial charge in [-0.05, 0) is 74.1 Å². The number of hydrogen-bond acceptors (Lipinski definition) is 2. The molecule has 2 aromatic carbocycles. The largest absolute Gasteiger partial charge is 0.483 e. The summed E-state index contributed by atoms with van der Waals surface area (Å²) in [5.74, 6) is 0.396. The van der Waals surface area contributed by atoms with E-state index in [0.717, 1.165) is 40.8 Å². The maximum Gasteiger partial charge on any atom is 0.257 e. The van der Waals surface area contributed by atoms with Crippen LogP contribution in [0.15, 0.2) is 36.4 Å². The Hall–Kier alpha value is -2.36. The van der Waals surface area contributed by atoms with Crippen molar-refractivity contribution in [2.24, 2.45) is 0 Å². The predicted octanol–water partition coefficient (Wildman–Crippen LogP) is 3.88. The monoisotopic (exact) mass is 329 g/mol. The summed E-state index contributed by atoms with van der Waals surface area (Å²) in [4.78, 5) is 11.9. The van der Waals surface area contributed by atoms with Crippen molar-refractivity contribution >= 4 is 5.91 Å². The van der Waals surface area contributed by atoms with E-state index in [1.54, 1.807) is 12.1 Å². The molecule has 0 aliphatic carbocycles. The SMILES string of the molecule is Cc1cc(C)c(C)c(OCC(=O)NCCCc2ccc(F)cc2)c1. The molecule has 1 N–H and O–H groups in total. The first-order chi connectivity index (χ1) is 11.5. The van der Waals surface area contributed by atoms with Gasteiger partial charge in [-0.1, -0.05) is 18.2 Å². The molecule has 0 unspecified atom stereocenters. The number of carbonyl (C=O) groups is 1. The van der Waals surface area contributed by atoms with E-state index >= 15 is 0 Å². The normalized spacial score (nSPS) is 10.5. The van der Waals surface area contributed by atoms with E-state index in [1.165, 1.54) is 12.1 Å². The van der Waals surface area contributed by atoms with Gasteiger partial charge in [0.1, 0.15) is 11.6 Å². The molecule has 0 aliphatic rings. The Morgan fingerprint density at radius 1 is 1.12 bits per heavy atom. The van der Waals surface area contributed by atoms with Crippen LogP contribution < -0.4 is 10.1 Å². The van der Waals surface area contributed by atoms with Crippen LogP contribution in [0.3, 0.4) is 0 Å². The third kappa shape index (κ3) is 5.37. The lowest BCUT2D eigenvalue weighted by molar-refractivity contribution is -0.123. The molecule has 0 fully saturated rings. The van der Waals surface area contributed by atoms with Crippen LogP contribution in [0.1, 0.15) is 28.7 Å². The van der Waals surface area contributed by atoms with Gasteiger partial charge in [-0.2, -0.15) is 0 Å². The zero-order chi connectivity index (χ0) is 17.5. The zero-order valence-electron chi connectivity index (χ0n) is 14.5. The van der Waals surface area contributed by atoms with Gasteiger partial charge in [0.2, 0.25) is 0 Å². The van der Waals surface area contributed by atoms with Gasteiger partial charge < -0.3 is 10.1 Å². The smallest absolute Gasteiger partial charge is 0.257 e. The number of ether oxygens (including phenoxy) is 1. The second-order valence-electron chi connectivity index (χ2n) is 6.07. The van der Waals surface area contributed by atoms with Crippen LogP contribution in [0.2, 0.25) is 0 Å². The molecule has 2 aromatic rings. The van der Waals surface area contributed by atoms with Crippen molar-refractivity contribution in [1.82, 2.24) is 5.32 Å². The summed E-state index contributed by atoms with van der Waals surface area (Å²) in [5, 5.41) is 2.85. The number of carbonyl (C=O) groups excluding carboxylic acids is 1. The number of rotatable bonds is 7. The van der Waals surface area contributed by atoms with Gasteiger partial charge in [0.25, 0.3) is 5.91 Å². The van der Waals surface area contributed by atoms with E-state index in [9.17, 15) is 9.18 Å². The summed E-state index contributed by atoms with van der Waals surface area (Å²) in [6.07, 6.45) is 1.61. The first-order valence-electron chi connectivity index (χ1n) is 8.17. The molecule has 4 heteroatoms. The number of aryl methyl sites for hydroxylation is 3. The summed E-state index contributed by atoms with van der Waals surface area (Å²) in [6.45, 7) is 6.62. The highest BCUT2D eigenvalue weighted by Crippen LogP contribution is 2.23. The lowest BCUT2D eigenvalue weighted by Crippen LogP contribution is -2.30. The molecule has 1 amide bonds. The Labute approximate surface area is 142 Å². The van der Waals surface area contributed by atoms with E-state index in [1.807, 2.05) is 26.8 Å². The number of amides is 1. The fourth-order valence-electron chi connectivity index (χ4n) is 2.52. The molecule has 0 atom stereocenters. The maximum atomic E-state index is 12.8. The van der Waals surface area contributed by atoms with Gasteiger partial charge in [0, 0.05) is 6.54 Å². The lowest BCUT2D eigenvalue weighted by Gasteiger charge is -2.12. The predicted molar refractivity (Wildman–Crippen MR) is 93.9 cm³/mol. The Morgan fingerprint density at radius 3 is 2.54 bits per heavy atom. The van der Waals surface area contributed by atoms with E-state index in [-0.39, 0.29) is 18.3 Å². The van der Waals surface area contributed by atoms with Crippen LogP contribution in [-0.4, -0.2) is 19.1 Å². The van der Waals surface area contributed by atoms with Crippen molar-refractivity contribution in [3.8, 4) is 5.75 Å². The lowest BCUT2D eigenvalue weighted by atomic mass is 10.1. The fraction of sp³-hybridized carbons (Fsp3) is 0.350. The summed E-state index contributed by atoms with van der Waals surface area (Å²) < 4.78 is 18.4. The number of nitrogens with one attached hydrogen (secondary N) is 1. The molecule has 0 aliphatic heterocycles. The highest BCUT2D eigenvalue weighted by Gasteiger charge is 2.07. The molecule has 0 heterocycles. The van der Waals surface area contributed by atoms with Gasteiger partial charge >= 0.3 is 0 Å². The van der Waals surface area contributed by atoms with Crippen molar-refractivity contribution in [1.29, 1.82) is 0 Å². The van der Waals surface area contributed by atoms with Crippen molar-refractivity contribution in [3.05, 3.63) is 64.5 Å². The van der Waals surface area contributed by atoms with Crippen LogP contribution in [0.5, 0.6) is 5.75 Å². The number of hydrogen-bond donors (Lipinski definition) is 1. The topological polar surface area (TPSA) is 38.3 Å². The summed E-state index contributed by atoms with van der Waals surface area (Å²) in [7, 11) is 0. The molecule has 0 radical (unpaired) electrons. The van der Waals surface area contributed by atoms with Gasteiger partial charge in [0.15, 0.2) is 6.61 Å². The minimum atomic E-state index is -0.231. The van der Waals surface area contributed by atoms with E-state index in [0.29, 0.717) is 6.54 Å². The molecule has 0 spiro atoms. The van der Waals surface area contributed by atoms with Crippen LogP contribution in [0.25, 0.3) is 0 Å². The second-order valence-corrected chi connectivity index (χ2v) is 6.07. The van der Waals surface area contributed by atoms with E-state index < -0.39 is 0 Å². The summed E-state index contributed by atoms with van der Waals surface area (Å²) in [6, 6.07) is 10.5. The third-order valence-electron chi connectivity index (χ3n) is 4.00. The molecule has 0 bridgehead atoms. The molecule has 24 heavy (non-hydrogen) atoms. The zero-order valence-corrected chi connectivity index (χ0v) is 14.5. The standard InChI is InChI=1S/C20H24FNO2/c1-14-11-15(2)16(3)19(12-14)24-13-20(23)22-10-4-5-17-6-8-18(21)9-7-17/h6-9,11-12H,4-5,10,13H2,1-3H3,(H,22,23). The highest BCUT2D eigenvalue weighted by atomic mass is 19.1. The van der Waals surface area contributed by atoms with Gasteiger partial charge in [-0.15, -0.1) is 0 Å². The average molecular weight is 329 g/mol. The Morgan fingerprint density at radius 2 is 1.83 bits per heavy atom. The minimum absolute atomic E-state index is 0.0142. The Kier molecular flexibility index (Phi) is 6.36. The quantitative estimate of drug-likeness (QED) is 0.783. The highest BCUT2D eigenvalue weighted by molar-refractivity contribution is 5.77. The van der Waals surface area contributed by atoms with Crippen LogP contribution in [0.4, 0.5) is 4.39 Å². The maximum absolute atomic E-state index is 12.8. The van der Waals surface area contributed by atoms with E-state index in [2.05, 4.69) is 11.4 Å². The van der Waals surface area contributed by atoms with E-state index in [4.69, 9.17) is 4.74 Å². The summed E-state index contributed by atoms with van der Waals surface area (Å²) in [5.41, 5.74) is 4.40. The first-order valence-corrected chi connectivity index (χ1v) is 8.17. The van der Waals surface area contributed by atoms with Crippen molar-refractivity contribution in [3.63, 3.8) is 0 Å². The second kappa shape index (κ2) is 8.48. The molecule has 2 rings (SSSR count). The van der Waals surface area contributed by atoms with Crippen LogP contribution in [0, 0.1) is 26.6 Å². The van der Waals surface area contributed by atoms with Gasteiger partial charge in [0.05, 0.1) is 0 Å². The molecular formula is C20H24FNO2. The molecule has 0 saturated heterocycles. The van der Waals surface area contributed by atoms with Crippen molar-refractivity contribution < 1.29 is 13.9 Å².